The molecule has 6 heteroatoms. The maximum Gasteiger partial charge on any atom is 0.329 e. The van der Waals surface area contributed by atoms with E-state index >= 15 is 0 Å². The Kier molecular flexibility index (Phi) is 4.47. The van der Waals surface area contributed by atoms with Crippen LogP contribution >= 0.6 is 11.6 Å². The summed E-state index contributed by atoms with van der Waals surface area (Å²) >= 11 is 5.75. The summed E-state index contributed by atoms with van der Waals surface area (Å²) < 4.78 is 13.1. The number of para-hydroxylation sites is 1. The molecule has 5 nitrogen and oxygen atoms in total. The van der Waals surface area contributed by atoms with Crippen LogP contribution in [-0.2, 0) is 11.8 Å². The zero-order valence-electron chi connectivity index (χ0n) is 15.7. The van der Waals surface area contributed by atoms with Crippen LogP contribution in [0.5, 0.6) is 11.5 Å². The Morgan fingerprint density at radius 3 is 2.79 bits per heavy atom. The van der Waals surface area contributed by atoms with E-state index in [4.69, 9.17) is 21.1 Å². The number of carbonyl (C=O) groups is 2. The van der Waals surface area contributed by atoms with Crippen molar-refractivity contribution in [2.24, 2.45) is 7.05 Å². The predicted molar refractivity (Wildman–Crippen MR) is 108 cm³/mol. The Morgan fingerprint density at radius 2 is 2.04 bits per heavy atom. The summed E-state index contributed by atoms with van der Waals surface area (Å²) in [4.78, 5) is 24.6. The van der Waals surface area contributed by atoms with Gasteiger partial charge in [-0.3, -0.25) is 9.59 Å². The SMILES string of the molecule is Cc1cc(OC(=O)C(C)Cl)cc2c1C(=O)/C(=C/c1cn(C)c3ccccc13)O2. The summed E-state index contributed by atoms with van der Waals surface area (Å²) in [5, 5.41) is 0.269. The van der Waals surface area contributed by atoms with Crippen molar-refractivity contribution in [3.63, 3.8) is 0 Å². The summed E-state index contributed by atoms with van der Waals surface area (Å²) in [7, 11) is 1.96. The van der Waals surface area contributed by atoms with E-state index in [1.807, 2.05) is 42.1 Å². The number of nitrogens with zero attached hydrogens (tertiary/aromatic N) is 1. The van der Waals surface area contributed by atoms with Crippen molar-refractivity contribution in [3.05, 3.63) is 65.0 Å². The zero-order valence-corrected chi connectivity index (χ0v) is 16.4. The van der Waals surface area contributed by atoms with Gasteiger partial charge in [0.25, 0.3) is 0 Å². The zero-order chi connectivity index (χ0) is 20.0. The number of hydrogen-bond acceptors (Lipinski definition) is 4. The number of hydrogen-bond donors (Lipinski definition) is 0. The number of aryl methyl sites for hydroxylation is 2. The van der Waals surface area contributed by atoms with Crippen LogP contribution < -0.4 is 9.47 Å². The van der Waals surface area contributed by atoms with Crippen molar-refractivity contribution in [1.82, 2.24) is 4.57 Å². The summed E-state index contributed by atoms with van der Waals surface area (Å²) in [6.07, 6.45) is 3.70. The van der Waals surface area contributed by atoms with Gasteiger partial charge in [-0.2, -0.15) is 0 Å². The lowest BCUT2D eigenvalue weighted by molar-refractivity contribution is -0.133. The maximum atomic E-state index is 12.9. The third-order valence-corrected chi connectivity index (χ3v) is 4.88. The molecule has 3 aromatic rings. The van der Waals surface area contributed by atoms with Crippen LogP contribution in [0.1, 0.15) is 28.4 Å². The highest BCUT2D eigenvalue weighted by atomic mass is 35.5. The molecule has 1 unspecified atom stereocenters. The minimum absolute atomic E-state index is 0.191. The lowest BCUT2D eigenvalue weighted by atomic mass is 10.0. The van der Waals surface area contributed by atoms with Gasteiger partial charge in [0, 0.05) is 35.8 Å². The number of carbonyl (C=O) groups excluding carboxylic acids is 2. The van der Waals surface area contributed by atoms with Crippen molar-refractivity contribution in [1.29, 1.82) is 0 Å². The van der Waals surface area contributed by atoms with Crippen molar-refractivity contribution in [3.8, 4) is 11.5 Å². The summed E-state index contributed by atoms with van der Waals surface area (Å²) in [5.74, 6) is 0.166. The molecule has 0 saturated carbocycles. The third kappa shape index (κ3) is 3.08. The number of fused-ring (bicyclic) bond motifs is 2. The Hall–Kier alpha value is -3.05. The number of rotatable bonds is 3. The second-order valence-electron chi connectivity index (χ2n) is 6.80. The number of alkyl halides is 1. The molecule has 2 heterocycles. The number of benzene rings is 2. The molecule has 0 amide bonds. The van der Waals surface area contributed by atoms with E-state index in [0.717, 1.165) is 16.5 Å². The molecule has 2 aromatic carbocycles. The molecule has 28 heavy (non-hydrogen) atoms. The number of ketones is 1. The Bertz CT molecular complexity index is 1160. The first-order valence-corrected chi connectivity index (χ1v) is 9.27. The van der Waals surface area contributed by atoms with E-state index in [1.54, 1.807) is 25.1 Å². The molecular weight excluding hydrogens is 378 g/mol. The first kappa shape index (κ1) is 18.3. The van der Waals surface area contributed by atoms with Gasteiger partial charge >= 0.3 is 5.97 Å². The number of halogens is 1. The van der Waals surface area contributed by atoms with Gasteiger partial charge in [0.15, 0.2) is 5.76 Å². The van der Waals surface area contributed by atoms with Gasteiger partial charge in [0.1, 0.15) is 16.9 Å². The van der Waals surface area contributed by atoms with Crippen molar-refractivity contribution in [2.75, 3.05) is 0 Å². The molecule has 1 aliphatic heterocycles. The second-order valence-corrected chi connectivity index (χ2v) is 7.46. The van der Waals surface area contributed by atoms with Crippen LogP contribution in [0.4, 0.5) is 0 Å². The molecule has 0 radical (unpaired) electrons. The average molecular weight is 396 g/mol. The summed E-state index contributed by atoms with van der Waals surface area (Å²) in [6.45, 7) is 3.32. The molecule has 142 valence electrons. The first-order chi connectivity index (χ1) is 13.3. The van der Waals surface area contributed by atoms with Gasteiger partial charge in [-0.05, 0) is 37.6 Å². The van der Waals surface area contributed by atoms with Gasteiger partial charge in [0.2, 0.25) is 5.78 Å². The second kappa shape index (κ2) is 6.84. The first-order valence-electron chi connectivity index (χ1n) is 8.84. The van der Waals surface area contributed by atoms with E-state index in [0.29, 0.717) is 22.6 Å². The monoisotopic (exact) mass is 395 g/mol. The van der Waals surface area contributed by atoms with Gasteiger partial charge in [0.05, 0.1) is 5.56 Å². The normalized spacial score (nSPS) is 15.6. The molecule has 0 aliphatic carbocycles. The molecule has 0 fully saturated rings. The lowest BCUT2D eigenvalue weighted by Gasteiger charge is -2.08. The molecule has 0 spiro atoms. The minimum Gasteiger partial charge on any atom is -0.452 e. The topological polar surface area (TPSA) is 57.5 Å². The highest BCUT2D eigenvalue weighted by Crippen LogP contribution is 2.38. The predicted octanol–water partition coefficient (Wildman–Crippen LogP) is 4.64. The van der Waals surface area contributed by atoms with Crippen LogP contribution in [0.15, 0.2) is 48.4 Å². The minimum atomic E-state index is -0.766. The highest BCUT2D eigenvalue weighted by molar-refractivity contribution is 6.29. The number of ether oxygens (including phenoxy) is 2. The van der Waals surface area contributed by atoms with Crippen LogP contribution in [0.3, 0.4) is 0 Å². The fourth-order valence-corrected chi connectivity index (χ4v) is 3.41. The molecule has 0 saturated heterocycles. The van der Waals surface area contributed by atoms with Crippen molar-refractivity contribution >= 4 is 40.3 Å². The fraction of sp³-hybridized carbons (Fsp3) is 0.182. The summed E-state index contributed by atoms with van der Waals surface area (Å²) in [6, 6.07) is 11.1. The standard InChI is InChI=1S/C22H18ClNO4/c1-12-8-15(27-22(26)13(2)23)10-18-20(12)21(25)19(28-18)9-14-11-24(3)17-7-5-4-6-16(14)17/h4-11,13H,1-3H3/b19-9-. The average Bonchev–Trinajstić information content (AvgIpc) is 3.13. The van der Waals surface area contributed by atoms with E-state index in [2.05, 4.69) is 0 Å². The molecule has 4 rings (SSSR count). The fourth-order valence-electron chi connectivity index (χ4n) is 3.36. The van der Waals surface area contributed by atoms with E-state index < -0.39 is 11.3 Å². The smallest absolute Gasteiger partial charge is 0.329 e. The van der Waals surface area contributed by atoms with Crippen molar-refractivity contribution < 1.29 is 19.1 Å². The number of allylic oxidation sites excluding steroid dienone is 1. The summed E-state index contributed by atoms with van der Waals surface area (Å²) in [5.41, 5.74) is 3.12. The Labute approximate surface area is 167 Å². The van der Waals surface area contributed by atoms with Crippen LogP contribution in [0.2, 0.25) is 0 Å². The van der Waals surface area contributed by atoms with Gasteiger partial charge in [-0.1, -0.05) is 18.2 Å². The van der Waals surface area contributed by atoms with Gasteiger partial charge in [-0.15, -0.1) is 11.6 Å². The number of Topliss-reactive ketones (excluding diaryl/α,β-unsaturated/α-hetero) is 1. The number of esters is 1. The molecule has 1 atom stereocenters. The van der Waals surface area contributed by atoms with Crippen LogP contribution in [-0.4, -0.2) is 21.7 Å². The maximum absolute atomic E-state index is 12.9. The third-order valence-electron chi connectivity index (χ3n) is 4.70. The van der Waals surface area contributed by atoms with Crippen LogP contribution in [0, 0.1) is 6.92 Å². The van der Waals surface area contributed by atoms with E-state index in [1.165, 1.54) is 6.92 Å². The van der Waals surface area contributed by atoms with E-state index in [9.17, 15) is 9.59 Å². The largest absolute Gasteiger partial charge is 0.452 e. The lowest BCUT2D eigenvalue weighted by Crippen LogP contribution is -2.17. The van der Waals surface area contributed by atoms with E-state index in [-0.39, 0.29) is 11.5 Å². The quantitative estimate of drug-likeness (QED) is 0.280. The number of aromatic nitrogens is 1. The highest BCUT2D eigenvalue weighted by Gasteiger charge is 2.30. The molecule has 0 N–H and O–H groups in total. The molecule has 0 bridgehead atoms. The Morgan fingerprint density at radius 1 is 1.29 bits per heavy atom. The molecule has 1 aliphatic rings. The molecular formula is C22H18ClNO4. The van der Waals surface area contributed by atoms with Crippen LogP contribution in [0.25, 0.3) is 17.0 Å². The molecule has 1 aromatic heterocycles. The van der Waals surface area contributed by atoms with Gasteiger partial charge < -0.3 is 14.0 Å². The Balaban J connectivity index is 1.71. The van der Waals surface area contributed by atoms with Gasteiger partial charge in [-0.25, -0.2) is 0 Å². The van der Waals surface area contributed by atoms with Crippen molar-refractivity contribution in [2.45, 2.75) is 19.2 Å².